The van der Waals surface area contributed by atoms with Gasteiger partial charge < -0.3 is 10.2 Å². The van der Waals surface area contributed by atoms with E-state index in [1.165, 1.54) is 6.34 Å². The maximum atomic E-state index is 11.3. The molecule has 1 saturated heterocycles. The molecule has 2 heterocycles. The number of hydrogen-bond acceptors (Lipinski definition) is 3. The molecule has 1 fully saturated rings. The van der Waals surface area contributed by atoms with E-state index in [9.17, 15) is 4.79 Å². The fourth-order valence-corrected chi connectivity index (χ4v) is 2.03. The highest BCUT2D eigenvalue weighted by molar-refractivity contribution is 6.32. The molecule has 2 atom stereocenters. The summed E-state index contributed by atoms with van der Waals surface area (Å²) in [7, 11) is 0. The van der Waals surface area contributed by atoms with Crippen molar-refractivity contribution in [2.75, 3.05) is 13.1 Å². The maximum absolute atomic E-state index is 11.3. The molecule has 2 aliphatic rings. The van der Waals surface area contributed by atoms with Gasteiger partial charge >= 0.3 is 0 Å². The molecule has 0 aromatic heterocycles. The lowest BCUT2D eigenvalue weighted by atomic mass is 10.1. The minimum absolute atomic E-state index is 0. The summed E-state index contributed by atoms with van der Waals surface area (Å²) in [6, 6.07) is -0.237. The van der Waals surface area contributed by atoms with Crippen LogP contribution in [0.2, 0.25) is 0 Å². The van der Waals surface area contributed by atoms with Crippen LogP contribution in [0, 0.1) is 5.41 Å². The quantitative estimate of drug-likeness (QED) is 0.718. The Kier molecular flexibility index (Phi) is 4.56. The Bertz CT molecular complexity index is 321. The van der Waals surface area contributed by atoms with Gasteiger partial charge in [-0.3, -0.25) is 15.2 Å². The van der Waals surface area contributed by atoms with Gasteiger partial charge in [0, 0.05) is 19.5 Å². The van der Waals surface area contributed by atoms with E-state index in [1.807, 2.05) is 4.90 Å². The molecule has 0 saturated carbocycles. The molecule has 0 aromatic carbocycles. The number of alkyl halides is 1. The van der Waals surface area contributed by atoms with Crippen LogP contribution < -0.4 is 5.32 Å². The van der Waals surface area contributed by atoms with Crippen molar-refractivity contribution in [1.82, 2.24) is 10.2 Å². The highest BCUT2D eigenvalue weighted by Crippen LogP contribution is 2.16. The van der Waals surface area contributed by atoms with E-state index in [4.69, 9.17) is 17.0 Å². The first kappa shape index (κ1) is 13.3. The maximum Gasteiger partial charge on any atom is 0.245 e. The van der Waals surface area contributed by atoms with Crippen LogP contribution in [-0.2, 0) is 4.79 Å². The largest absolute Gasteiger partial charge is 0.358 e. The predicted octanol–water partition coefficient (Wildman–Crippen LogP) is 0.615. The third kappa shape index (κ3) is 2.65. The molecule has 2 unspecified atom stereocenters. The number of hydrogen-bond donors (Lipinski definition) is 2. The molecule has 2 rings (SSSR count). The van der Waals surface area contributed by atoms with E-state index in [1.54, 1.807) is 0 Å². The van der Waals surface area contributed by atoms with E-state index in [2.05, 4.69) is 10.3 Å². The van der Waals surface area contributed by atoms with Crippen molar-refractivity contribution in [3.8, 4) is 0 Å². The van der Waals surface area contributed by atoms with Crippen molar-refractivity contribution in [3.63, 3.8) is 0 Å². The standard InChI is InChI=1S/C9H13ClN4O.ClH/c10-8-6(12-5-13-9(8)15)4-14-3-1-2-7(14)11;/h5-6,8,11H,1-4H2,(H,12,13,15);1H. The fourth-order valence-electron chi connectivity index (χ4n) is 1.82. The summed E-state index contributed by atoms with van der Waals surface area (Å²) in [5.74, 6) is 0.419. The lowest BCUT2D eigenvalue weighted by Gasteiger charge is -2.26. The van der Waals surface area contributed by atoms with Crippen LogP contribution in [0.1, 0.15) is 12.8 Å². The van der Waals surface area contributed by atoms with Gasteiger partial charge in [-0.25, -0.2) is 0 Å². The van der Waals surface area contributed by atoms with Crippen LogP contribution in [0.15, 0.2) is 4.99 Å². The van der Waals surface area contributed by atoms with E-state index in [0.717, 1.165) is 19.4 Å². The van der Waals surface area contributed by atoms with Crippen LogP contribution in [0.25, 0.3) is 0 Å². The number of rotatable bonds is 2. The molecule has 0 radical (unpaired) electrons. The number of likely N-dealkylation sites (tertiary alicyclic amines) is 1. The Morgan fingerprint density at radius 2 is 2.44 bits per heavy atom. The first-order valence-corrected chi connectivity index (χ1v) is 5.40. The summed E-state index contributed by atoms with van der Waals surface area (Å²) in [6.07, 6.45) is 3.22. The first-order chi connectivity index (χ1) is 7.18. The second kappa shape index (κ2) is 5.50. The average Bonchev–Trinajstić information content (AvgIpc) is 2.60. The van der Waals surface area contributed by atoms with Crippen molar-refractivity contribution >= 4 is 42.1 Å². The van der Waals surface area contributed by atoms with Gasteiger partial charge in [-0.2, -0.15) is 0 Å². The number of halogens is 2. The third-order valence-electron chi connectivity index (χ3n) is 2.69. The van der Waals surface area contributed by atoms with E-state index < -0.39 is 5.38 Å². The Morgan fingerprint density at radius 1 is 1.69 bits per heavy atom. The van der Waals surface area contributed by atoms with Crippen molar-refractivity contribution in [1.29, 1.82) is 5.41 Å². The molecule has 2 aliphatic heterocycles. The normalized spacial score (nSPS) is 28.9. The molecule has 16 heavy (non-hydrogen) atoms. The minimum Gasteiger partial charge on any atom is -0.358 e. The Balaban J connectivity index is 0.00000128. The Labute approximate surface area is 105 Å². The summed E-state index contributed by atoms with van der Waals surface area (Å²) >= 11 is 5.94. The van der Waals surface area contributed by atoms with E-state index in [-0.39, 0.29) is 24.4 Å². The molecule has 0 aliphatic carbocycles. The topological polar surface area (TPSA) is 68.6 Å². The van der Waals surface area contributed by atoms with Crippen molar-refractivity contribution in [3.05, 3.63) is 0 Å². The van der Waals surface area contributed by atoms with Gasteiger partial charge in [-0.05, 0) is 6.42 Å². The monoisotopic (exact) mass is 264 g/mol. The SMILES string of the molecule is Cl.N=C1CCCN1CC1N=CNC(=O)C1Cl. The predicted molar refractivity (Wildman–Crippen MR) is 65.8 cm³/mol. The van der Waals surface area contributed by atoms with Gasteiger partial charge in [-0.15, -0.1) is 24.0 Å². The zero-order valence-corrected chi connectivity index (χ0v) is 10.2. The Morgan fingerprint density at radius 3 is 3.06 bits per heavy atom. The molecule has 5 nitrogen and oxygen atoms in total. The fraction of sp³-hybridized carbons (Fsp3) is 0.667. The zero-order valence-electron chi connectivity index (χ0n) is 8.65. The molecule has 0 spiro atoms. The van der Waals surface area contributed by atoms with Crippen molar-refractivity contribution in [2.24, 2.45) is 4.99 Å². The lowest BCUT2D eigenvalue weighted by molar-refractivity contribution is -0.119. The second-order valence-corrected chi connectivity index (χ2v) is 4.22. The summed E-state index contributed by atoms with van der Waals surface area (Å²) in [6.45, 7) is 1.44. The van der Waals surface area contributed by atoms with Crippen LogP contribution >= 0.6 is 24.0 Å². The number of nitrogens with one attached hydrogen (secondary N) is 2. The number of carbonyl (C=O) groups is 1. The van der Waals surface area contributed by atoms with Gasteiger partial charge in [0.15, 0.2) is 0 Å². The van der Waals surface area contributed by atoms with Crippen molar-refractivity contribution in [2.45, 2.75) is 24.3 Å². The molecule has 0 bridgehead atoms. The summed E-state index contributed by atoms with van der Waals surface area (Å²) in [5, 5.41) is 9.51. The number of nitrogens with zero attached hydrogens (tertiary/aromatic N) is 2. The number of amidine groups is 1. The van der Waals surface area contributed by atoms with E-state index in [0.29, 0.717) is 12.4 Å². The van der Waals surface area contributed by atoms with Gasteiger partial charge in [0.05, 0.1) is 18.2 Å². The molecule has 0 aromatic rings. The molecule has 90 valence electrons. The summed E-state index contributed by atoms with van der Waals surface area (Å²) < 4.78 is 0. The van der Waals surface area contributed by atoms with Gasteiger partial charge in [0.2, 0.25) is 5.91 Å². The number of amides is 1. The lowest BCUT2D eigenvalue weighted by Crippen LogP contribution is -2.47. The van der Waals surface area contributed by atoms with Crippen LogP contribution in [0.3, 0.4) is 0 Å². The van der Waals surface area contributed by atoms with Gasteiger partial charge in [-0.1, -0.05) is 0 Å². The molecule has 1 amide bonds. The molecular formula is C9H14Cl2N4O. The van der Waals surface area contributed by atoms with Crippen LogP contribution in [0.4, 0.5) is 0 Å². The smallest absolute Gasteiger partial charge is 0.245 e. The minimum atomic E-state index is -0.622. The highest BCUT2D eigenvalue weighted by Gasteiger charge is 2.31. The Hall–Kier alpha value is -0.810. The first-order valence-electron chi connectivity index (χ1n) is 4.97. The van der Waals surface area contributed by atoms with Gasteiger partial charge in [0.25, 0.3) is 0 Å². The molecule has 2 N–H and O–H groups in total. The molecule has 7 heteroatoms. The van der Waals surface area contributed by atoms with E-state index >= 15 is 0 Å². The average molecular weight is 265 g/mol. The highest BCUT2D eigenvalue weighted by atomic mass is 35.5. The van der Waals surface area contributed by atoms with Crippen LogP contribution in [0.5, 0.6) is 0 Å². The summed E-state index contributed by atoms with van der Waals surface area (Å²) in [5.41, 5.74) is 0. The third-order valence-corrected chi connectivity index (χ3v) is 3.18. The van der Waals surface area contributed by atoms with Gasteiger partial charge in [0.1, 0.15) is 5.38 Å². The summed E-state index contributed by atoms with van der Waals surface area (Å²) in [4.78, 5) is 17.3. The second-order valence-electron chi connectivity index (χ2n) is 3.75. The zero-order chi connectivity index (χ0) is 10.8. The van der Waals surface area contributed by atoms with Crippen LogP contribution in [-0.4, -0.2) is 47.5 Å². The number of aliphatic imine (C=N–C) groups is 1. The van der Waals surface area contributed by atoms with Crippen molar-refractivity contribution < 1.29 is 4.79 Å². The molecular weight excluding hydrogens is 251 g/mol. The number of carbonyl (C=O) groups excluding carboxylic acids is 1.